The number of carbonyl (C=O) groups excluding carboxylic acids is 2. The van der Waals surface area contributed by atoms with Gasteiger partial charge >= 0.3 is 6.61 Å². The van der Waals surface area contributed by atoms with Crippen LogP contribution in [-0.2, 0) is 9.53 Å². The molecule has 8 heteroatoms. The third-order valence-corrected chi connectivity index (χ3v) is 2.41. The Kier molecular flexibility index (Phi) is 6.54. The molecule has 0 aromatic heterocycles. The second-order valence-electron chi connectivity index (χ2n) is 4.15. The fraction of sp³-hybridized carbons (Fsp3) is 0.385. The molecule has 0 bridgehead atoms. The Hall–Kier alpha value is -2.22. The van der Waals surface area contributed by atoms with Crippen LogP contribution in [0.15, 0.2) is 18.2 Å². The lowest BCUT2D eigenvalue weighted by molar-refractivity contribution is -0.128. The summed E-state index contributed by atoms with van der Waals surface area (Å²) in [5.74, 6) is -1.13. The number of carbonyl (C=O) groups is 2. The maximum Gasteiger partial charge on any atom is 0.345 e. The normalized spacial score (nSPS) is 10.5. The number of anilines is 1. The first kappa shape index (κ1) is 16.8. The van der Waals surface area contributed by atoms with E-state index in [1.54, 1.807) is 0 Å². The van der Waals surface area contributed by atoms with Gasteiger partial charge in [0.25, 0.3) is 5.91 Å². The Balaban J connectivity index is 2.54. The largest absolute Gasteiger partial charge is 0.507 e. The van der Waals surface area contributed by atoms with Gasteiger partial charge in [0, 0.05) is 19.2 Å². The lowest BCUT2D eigenvalue weighted by Crippen LogP contribution is -2.25. The van der Waals surface area contributed by atoms with Gasteiger partial charge in [-0.15, -0.1) is 0 Å². The SMILES string of the molecule is CC(=O)Nc1ccc(O)c(C(=O)NCCCOC(F)F)c1. The molecule has 3 N–H and O–H groups in total. The van der Waals surface area contributed by atoms with Crippen LogP contribution in [-0.4, -0.2) is 36.7 Å². The monoisotopic (exact) mass is 302 g/mol. The van der Waals surface area contributed by atoms with E-state index in [4.69, 9.17) is 0 Å². The summed E-state index contributed by atoms with van der Waals surface area (Å²) in [6.07, 6.45) is 0.211. The van der Waals surface area contributed by atoms with Crippen molar-refractivity contribution in [3.8, 4) is 5.75 Å². The zero-order valence-corrected chi connectivity index (χ0v) is 11.4. The molecule has 21 heavy (non-hydrogen) atoms. The van der Waals surface area contributed by atoms with Crippen LogP contribution < -0.4 is 10.6 Å². The molecule has 116 valence electrons. The Morgan fingerprint density at radius 1 is 1.38 bits per heavy atom. The molecule has 0 aliphatic rings. The molecule has 1 rings (SSSR count). The molecule has 0 spiro atoms. The van der Waals surface area contributed by atoms with Crippen LogP contribution in [0, 0.1) is 0 Å². The van der Waals surface area contributed by atoms with Gasteiger partial charge in [-0.3, -0.25) is 9.59 Å². The van der Waals surface area contributed by atoms with Crippen molar-refractivity contribution in [2.75, 3.05) is 18.5 Å². The molecule has 2 amide bonds. The van der Waals surface area contributed by atoms with E-state index in [-0.39, 0.29) is 36.8 Å². The molecule has 0 aliphatic heterocycles. The third-order valence-electron chi connectivity index (χ3n) is 2.41. The van der Waals surface area contributed by atoms with Crippen LogP contribution in [0.1, 0.15) is 23.7 Å². The number of phenols is 1. The first-order valence-electron chi connectivity index (χ1n) is 6.18. The number of nitrogens with one attached hydrogen (secondary N) is 2. The molecule has 0 heterocycles. The van der Waals surface area contributed by atoms with Crippen molar-refractivity contribution in [1.82, 2.24) is 5.32 Å². The van der Waals surface area contributed by atoms with E-state index in [1.165, 1.54) is 25.1 Å². The summed E-state index contributed by atoms with van der Waals surface area (Å²) in [4.78, 5) is 22.8. The van der Waals surface area contributed by atoms with Gasteiger partial charge in [-0.1, -0.05) is 0 Å². The summed E-state index contributed by atoms with van der Waals surface area (Å²) in [6, 6.07) is 4.05. The molecule has 6 nitrogen and oxygen atoms in total. The van der Waals surface area contributed by atoms with E-state index in [2.05, 4.69) is 15.4 Å². The quantitative estimate of drug-likeness (QED) is 0.528. The number of halogens is 2. The van der Waals surface area contributed by atoms with Gasteiger partial charge in [0.2, 0.25) is 5.91 Å². The summed E-state index contributed by atoms with van der Waals surface area (Å²) in [5.41, 5.74) is 0.350. The molecule has 0 saturated carbocycles. The van der Waals surface area contributed by atoms with Crippen molar-refractivity contribution in [1.29, 1.82) is 0 Å². The summed E-state index contributed by atoms with van der Waals surface area (Å²) in [6.45, 7) is -1.58. The Bertz CT molecular complexity index is 509. The minimum absolute atomic E-state index is 0.0176. The molecular formula is C13H16F2N2O4. The van der Waals surface area contributed by atoms with Crippen LogP contribution in [0.3, 0.4) is 0 Å². The van der Waals surface area contributed by atoms with Crippen molar-refractivity contribution < 1.29 is 28.2 Å². The van der Waals surface area contributed by atoms with Crippen LogP contribution >= 0.6 is 0 Å². The number of amides is 2. The van der Waals surface area contributed by atoms with E-state index in [9.17, 15) is 23.5 Å². The molecular weight excluding hydrogens is 286 g/mol. The lowest BCUT2D eigenvalue weighted by atomic mass is 10.1. The highest BCUT2D eigenvalue weighted by molar-refractivity contribution is 5.99. The van der Waals surface area contributed by atoms with Crippen LogP contribution in [0.2, 0.25) is 0 Å². The third kappa shape index (κ3) is 6.17. The Morgan fingerprint density at radius 3 is 2.71 bits per heavy atom. The number of phenolic OH excluding ortho intramolecular Hbond substituents is 1. The minimum Gasteiger partial charge on any atom is -0.507 e. The van der Waals surface area contributed by atoms with Gasteiger partial charge in [-0.05, 0) is 24.6 Å². The fourth-order valence-corrected chi connectivity index (χ4v) is 1.54. The number of alkyl halides is 2. The summed E-state index contributed by atoms with van der Waals surface area (Å²) in [5, 5.41) is 14.6. The Labute approximate surface area is 120 Å². The first-order chi connectivity index (χ1) is 9.90. The van der Waals surface area contributed by atoms with E-state index >= 15 is 0 Å². The first-order valence-corrected chi connectivity index (χ1v) is 6.18. The molecule has 0 atom stereocenters. The van der Waals surface area contributed by atoms with E-state index < -0.39 is 12.5 Å². The van der Waals surface area contributed by atoms with Crippen LogP contribution in [0.25, 0.3) is 0 Å². The predicted molar refractivity (Wildman–Crippen MR) is 71.3 cm³/mol. The maximum absolute atomic E-state index is 11.8. The predicted octanol–water partition coefficient (Wildman–Crippen LogP) is 1.71. The molecule has 1 aromatic rings. The summed E-state index contributed by atoms with van der Waals surface area (Å²) < 4.78 is 27.5. The van der Waals surface area contributed by atoms with Gasteiger partial charge in [-0.25, -0.2) is 0 Å². The van der Waals surface area contributed by atoms with Gasteiger partial charge in [-0.2, -0.15) is 8.78 Å². The van der Waals surface area contributed by atoms with Gasteiger partial charge in [0.05, 0.1) is 12.2 Å². The van der Waals surface area contributed by atoms with Gasteiger partial charge in [0.1, 0.15) is 5.75 Å². The fourth-order valence-electron chi connectivity index (χ4n) is 1.54. The number of hydrogen-bond acceptors (Lipinski definition) is 4. The highest BCUT2D eigenvalue weighted by Gasteiger charge is 2.12. The number of aromatic hydroxyl groups is 1. The topological polar surface area (TPSA) is 87.7 Å². The average molecular weight is 302 g/mol. The van der Waals surface area contributed by atoms with Crippen molar-refractivity contribution in [3.05, 3.63) is 23.8 Å². The highest BCUT2D eigenvalue weighted by atomic mass is 19.3. The molecule has 1 aromatic carbocycles. The molecule has 0 fully saturated rings. The van der Waals surface area contributed by atoms with Gasteiger partial charge in [0.15, 0.2) is 0 Å². The number of benzene rings is 1. The van der Waals surface area contributed by atoms with Crippen molar-refractivity contribution in [3.63, 3.8) is 0 Å². The number of rotatable bonds is 7. The minimum atomic E-state index is -2.83. The lowest BCUT2D eigenvalue weighted by Gasteiger charge is -2.09. The number of ether oxygens (including phenoxy) is 1. The number of hydrogen-bond donors (Lipinski definition) is 3. The van der Waals surface area contributed by atoms with Crippen molar-refractivity contribution in [2.45, 2.75) is 20.0 Å². The van der Waals surface area contributed by atoms with Gasteiger partial charge < -0.3 is 20.5 Å². The highest BCUT2D eigenvalue weighted by Crippen LogP contribution is 2.21. The summed E-state index contributed by atoms with van der Waals surface area (Å²) >= 11 is 0. The van der Waals surface area contributed by atoms with E-state index in [0.717, 1.165) is 0 Å². The van der Waals surface area contributed by atoms with Crippen LogP contribution in [0.4, 0.5) is 14.5 Å². The zero-order valence-electron chi connectivity index (χ0n) is 11.4. The molecule has 0 radical (unpaired) electrons. The average Bonchev–Trinajstić information content (AvgIpc) is 2.39. The molecule has 0 unspecified atom stereocenters. The second kappa shape index (κ2) is 8.15. The smallest absolute Gasteiger partial charge is 0.345 e. The molecule has 0 saturated heterocycles. The van der Waals surface area contributed by atoms with E-state index in [0.29, 0.717) is 5.69 Å². The van der Waals surface area contributed by atoms with E-state index in [1.807, 2.05) is 0 Å². The maximum atomic E-state index is 11.8. The second-order valence-corrected chi connectivity index (χ2v) is 4.15. The standard InChI is InChI=1S/C13H16F2N2O4/c1-8(18)17-9-3-4-11(19)10(7-9)12(20)16-5-2-6-21-13(14)15/h3-4,7,13,19H,2,5-6H2,1H3,(H,16,20)(H,17,18). The Morgan fingerprint density at radius 2 is 2.10 bits per heavy atom. The zero-order chi connectivity index (χ0) is 15.8. The van der Waals surface area contributed by atoms with Crippen LogP contribution in [0.5, 0.6) is 5.75 Å². The summed E-state index contributed by atoms with van der Waals surface area (Å²) in [7, 11) is 0. The molecule has 0 aliphatic carbocycles. The van der Waals surface area contributed by atoms with Crippen molar-refractivity contribution >= 4 is 17.5 Å². The van der Waals surface area contributed by atoms with Crippen molar-refractivity contribution in [2.24, 2.45) is 0 Å².